The van der Waals surface area contributed by atoms with Gasteiger partial charge in [-0.25, -0.2) is 10.9 Å². The third kappa shape index (κ3) is 1.44. The van der Waals surface area contributed by atoms with Gasteiger partial charge in [0.15, 0.2) is 0 Å². The van der Waals surface area contributed by atoms with E-state index in [9.17, 15) is 4.79 Å². The maximum absolute atomic E-state index is 11.6. The van der Waals surface area contributed by atoms with Crippen LogP contribution >= 0.6 is 0 Å². The van der Waals surface area contributed by atoms with Crippen LogP contribution in [-0.4, -0.2) is 18.6 Å². The lowest BCUT2D eigenvalue weighted by atomic mass is 10.1. The van der Waals surface area contributed by atoms with E-state index in [1.807, 2.05) is 35.3 Å². The van der Waals surface area contributed by atoms with Crippen LogP contribution in [0, 0.1) is 5.92 Å². The van der Waals surface area contributed by atoms with Crippen molar-refractivity contribution in [3.05, 3.63) is 30.3 Å². The Morgan fingerprint density at radius 3 is 2.88 bits per heavy atom. The zero-order chi connectivity index (χ0) is 11.0. The molecule has 6 heteroatoms. The zero-order valence-corrected chi connectivity index (χ0v) is 8.60. The van der Waals surface area contributed by atoms with Gasteiger partial charge in [-0.15, -0.1) is 0 Å². The van der Waals surface area contributed by atoms with Crippen LogP contribution in [-0.2, 0) is 4.79 Å². The Hall–Kier alpha value is -1.63. The van der Waals surface area contributed by atoms with Crippen molar-refractivity contribution in [1.29, 1.82) is 0 Å². The number of carbonyl (C=O) groups is 1. The average Bonchev–Trinajstić information content (AvgIpc) is 2.75. The van der Waals surface area contributed by atoms with Gasteiger partial charge in [-0.3, -0.25) is 15.2 Å². The molecule has 0 bridgehead atoms. The van der Waals surface area contributed by atoms with E-state index in [-0.39, 0.29) is 18.0 Å². The van der Waals surface area contributed by atoms with Crippen molar-refractivity contribution in [3.8, 4) is 0 Å². The quantitative estimate of drug-likeness (QED) is 0.492. The molecular formula is C10H13N5O. The van der Waals surface area contributed by atoms with Gasteiger partial charge in [0, 0.05) is 6.54 Å². The van der Waals surface area contributed by atoms with Crippen LogP contribution in [0.3, 0.4) is 0 Å². The number of fused-ring (bicyclic) bond motifs is 1. The summed E-state index contributed by atoms with van der Waals surface area (Å²) in [6.45, 7) is 0.639. The third-order valence-electron chi connectivity index (χ3n) is 2.92. The number of hydrazine groups is 3. The fourth-order valence-electron chi connectivity index (χ4n) is 2.09. The standard InChI is InChI=1S/C10H13N5O/c16-10-8-6-11-15(9(8)12-14-13-10)7-4-2-1-3-5-7/h1-5,8-9,11-12,14H,6H2,(H,13,16). The molecule has 2 atom stereocenters. The number of nitrogens with one attached hydrogen (secondary N) is 4. The van der Waals surface area contributed by atoms with E-state index < -0.39 is 0 Å². The highest BCUT2D eigenvalue weighted by atomic mass is 16.2. The lowest BCUT2D eigenvalue weighted by Crippen LogP contribution is -2.65. The molecule has 0 saturated carbocycles. The van der Waals surface area contributed by atoms with Crippen molar-refractivity contribution < 1.29 is 4.79 Å². The molecule has 2 saturated heterocycles. The summed E-state index contributed by atoms with van der Waals surface area (Å²) in [5.74, 6) is -0.0730. The number of hydrogen-bond donors (Lipinski definition) is 4. The second-order valence-corrected chi connectivity index (χ2v) is 3.88. The van der Waals surface area contributed by atoms with Gasteiger partial charge < -0.3 is 0 Å². The van der Waals surface area contributed by atoms with Crippen molar-refractivity contribution in [2.45, 2.75) is 6.17 Å². The molecule has 0 spiro atoms. The Bertz CT molecular complexity index is 395. The SMILES string of the molecule is O=C1NNNC2C1CNN2c1ccccc1. The molecular weight excluding hydrogens is 206 g/mol. The molecule has 0 radical (unpaired) electrons. The molecule has 16 heavy (non-hydrogen) atoms. The van der Waals surface area contributed by atoms with Gasteiger partial charge in [-0.2, -0.15) is 5.53 Å². The fraction of sp³-hybridized carbons (Fsp3) is 0.300. The van der Waals surface area contributed by atoms with Crippen molar-refractivity contribution >= 4 is 11.6 Å². The molecule has 1 amide bonds. The maximum Gasteiger partial charge on any atom is 0.243 e. The number of para-hydroxylation sites is 1. The summed E-state index contributed by atoms with van der Waals surface area (Å²) < 4.78 is 0. The van der Waals surface area contributed by atoms with Crippen LogP contribution in [0.15, 0.2) is 30.3 Å². The lowest BCUT2D eigenvalue weighted by molar-refractivity contribution is -0.128. The van der Waals surface area contributed by atoms with E-state index in [1.54, 1.807) is 0 Å². The topological polar surface area (TPSA) is 68.4 Å². The van der Waals surface area contributed by atoms with Gasteiger partial charge in [0.1, 0.15) is 6.17 Å². The molecule has 0 aliphatic carbocycles. The Balaban J connectivity index is 1.86. The fourth-order valence-corrected chi connectivity index (χ4v) is 2.09. The molecule has 2 aliphatic rings. The number of rotatable bonds is 1. The normalized spacial score (nSPS) is 28.8. The number of hydrogen-bond acceptors (Lipinski definition) is 5. The van der Waals surface area contributed by atoms with Crippen molar-refractivity contribution in [2.24, 2.45) is 5.92 Å². The van der Waals surface area contributed by atoms with E-state index in [4.69, 9.17) is 0 Å². The molecule has 84 valence electrons. The monoisotopic (exact) mass is 219 g/mol. The Morgan fingerprint density at radius 2 is 2.06 bits per heavy atom. The largest absolute Gasteiger partial charge is 0.289 e. The van der Waals surface area contributed by atoms with Crippen LogP contribution in [0.4, 0.5) is 5.69 Å². The smallest absolute Gasteiger partial charge is 0.243 e. The number of anilines is 1. The Labute approximate surface area is 92.9 Å². The van der Waals surface area contributed by atoms with Crippen LogP contribution in [0.2, 0.25) is 0 Å². The van der Waals surface area contributed by atoms with E-state index >= 15 is 0 Å². The molecule has 0 aromatic heterocycles. The van der Waals surface area contributed by atoms with Crippen molar-refractivity contribution in [3.63, 3.8) is 0 Å². The maximum atomic E-state index is 11.6. The third-order valence-corrected chi connectivity index (χ3v) is 2.92. The van der Waals surface area contributed by atoms with Gasteiger partial charge in [-0.05, 0) is 12.1 Å². The van der Waals surface area contributed by atoms with Gasteiger partial charge in [-0.1, -0.05) is 18.2 Å². The van der Waals surface area contributed by atoms with Crippen LogP contribution in [0.1, 0.15) is 0 Å². The molecule has 1 aromatic rings. The Kier molecular flexibility index (Phi) is 2.24. The lowest BCUT2D eigenvalue weighted by Gasteiger charge is -2.32. The van der Waals surface area contributed by atoms with Crippen molar-refractivity contribution in [1.82, 2.24) is 21.8 Å². The average molecular weight is 219 g/mol. The molecule has 1 aromatic carbocycles. The van der Waals surface area contributed by atoms with E-state index in [1.165, 1.54) is 0 Å². The van der Waals surface area contributed by atoms with Gasteiger partial charge in [0.25, 0.3) is 0 Å². The van der Waals surface area contributed by atoms with Crippen molar-refractivity contribution in [2.75, 3.05) is 11.6 Å². The predicted octanol–water partition coefficient (Wildman–Crippen LogP) is -0.907. The number of amides is 1. The first-order valence-electron chi connectivity index (χ1n) is 5.24. The second-order valence-electron chi connectivity index (χ2n) is 3.88. The second kappa shape index (κ2) is 3.75. The van der Waals surface area contributed by atoms with Crippen LogP contribution in [0.5, 0.6) is 0 Å². The van der Waals surface area contributed by atoms with Gasteiger partial charge >= 0.3 is 0 Å². The summed E-state index contributed by atoms with van der Waals surface area (Å²) in [6, 6.07) is 9.92. The van der Waals surface area contributed by atoms with E-state index in [0.29, 0.717) is 6.54 Å². The summed E-state index contributed by atoms with van der Waals surface area (Å²) in [7, 11) is 0. The van der Waals surface area contributed by atoms with Gasteiger partial charge in [0.05, 0.1) is 11.6 Å². The van der Waals surface area contributed by atoms with Crippen LogP contribution < -0.4 is 26.8 Å². The molecule has 2 aliphatic heterocycles. The van der Waals surface area contributed by atoms with Crippen LogP contribution in [0.25, 0.3) is 0 Å². The predicted molar refractivity (Wildman–Crippen MR) is 58.6 cm³/mol. The minimum absolute atomic E-state index is 0.00896. The summed E-state index contributed by atoms with van der Waals surface area (Å²) in [5, 5.41) is 1.97. The number of carbonyl (C=O) groups excluding carboxylic acids is 1. The highest BCUT2D eigenvalue weighted by Crippen LogP contribution is 2.22. The zero-order valence-electron chi connectivity index (χ0n) is 8.60. The molecule has 3 rings (SSSR count). The minimum Gasteiger partial charge on any atom is -0.289 e. The van der Waals surface area contributed by atoms with Gasteiger partial charge in [0.2, 0.25) is 5.91 Å². The Morgan fingerprint density at radius 1 is 1.25 bits per heavy atom. The summed E-state index contributed by atoms with van der Waals surface area (Å²) in [5.41, 5.74) is 12.5. The highest BCUT2D eigenvalue weighted by molar-refractivity contribution is 5.81. The van der Waals surface area contributed by atoms with E-state index in [2.05, 4.69) is 21.8 Å². The summed E-state index contributed by atoms with van der Waals surface area (Å²) in [4.78, 5) is 11.6. The number of nitrogens with zero attached hydrogens (tertiary/aromatic N) is 1. The first kappa shape index (κ1) is 9.59. The first-order valence-corrected chi connectivity index (χ1v) is 5.24. The molecule has 2 unspecified atom stereocenters. The minimum atomic E-state index is -0.0820. The molecule has 4 N–H and O–H groups in total. The first-order chi connectivity index (χ1) is 7.86. The van der Waals surface area contributed by atoms with E-state index in [0.717, 1.165) is 5.69 Å². The summed E-state index contributed by atoms with van der Waals surface area (Å²) in [6.07, 6.45) is -0.0591. The number of benzene rings is 1. The summed E-state index contributed by atoms with van der Waals surface area (Å²) >= 11 is 0. The molecule has 2 heterocycles. The highest BCUT2D eigenvalue weighted by Gasteiger charge is 2.41. The molecule has 6 nitrogen and oxygen atoms in total. The molecule has 2 fully saturated rings.